The molecule has 0 saturated carbocycles. The highest BCUT2D eigenvalue weighted by atomic mass is 16.2. The average Bonchev–Trinajstić information content (AvgIpc) is 2.41. The molecule has 1 aliphatic heterocycles. The highest BCUT2D eigenvalue weighted by Gasteiger charge is 2.37. The maximum Gasteiger partial charge on any atom is 0.330 e. The zero-order chi connectivity index (χ0) is 13.8. The van der Waals surface area contributed by atoms with Gasteiger partial charge in [0.25, 0.3) is 0 Å². The number of benzene rings is 1. The number of amides is 4. The van der Waals surface area contributed by atoms with E-state index >= 15 is 0 Å². The van der Waals surface area contributed by atoms with Crippen LogP contribution >= 0.6 is 0 Å². The van der Waals surface area contributed by atoms with E-state index in [2.05, 4.69) is 5.32 Å². The Kier molecular flexibility index (Phi) is 3.94. The van der Waals surface area contributed by atoms with Crippen LogP contribution in [0.1, 0.15) is 18.4 Å². The lowest BCUT2D eigenvalue weighted by atomic mass is 9.96. The first-order valence-electron chi connectivity index (χ1n) is 6.26. The summed E-state index contributed by atoms with van der Waals surface area (Å²) in [6.07, 6.45) is 2.00. The molecule has 1 N–H and O–H groups in total. The van der Waals surface area contributed by atoms with Crippen molar-refractivity contribution in [2.45, 2.75) is 19.3 Å². The van der Waals surface area contributed by atoms with Gasteiger partial charge in [-0.15, -0.1) is 0 Å². The van der Waals surface area contributed by atoms with Gasteiger partial charge in [-0.3, -0.25) is 19.8 Å². The molecule has 0 unspecified atom stereocenters. The van der Waals surface area contributed by atoms with Crippen LogP contribution in [0.3, 0.4) is 0 Å². The molecule has 1 saturated heterocycles. The molecule has 1 heterocycles. The molecule has 5 heteroatoms. The van der Waals surface area contributed by atoms with Crippen LogP contribution in [0.15, 0.2) is 30.3 Å². The highest BCUT2D eigenvalue weighted by molar-refractivity contribution is 6.15. The number of rotatable bonds is 4. The number of imide groups is 2. The van der Waals surface area contributed by atoms with Crippen molar-refractivity contribution in [3.8, 4) is 0 Å². The molecule has 1 aromatic rings. The molecule has 1 aromatic carbocycles. The predicted molar refractivity (Wildman–Crippen MR) is 69.2 cm³/mol. The number of urea groups is 1. The van der Waals surface area contributed by atoms with Crippen LogP contribution in [0.25, 0.3) is 0 Å². The van der Waals surface area contributed by atoms with Gasteiger partial charge in [-0.2, -0.15) is 0 Å². The van der Waals surface area contributed by atoms with Gasteiger partial charge in [0.15, 0.2) is 0 Å². The lowest BCUT2D eigenvalue weighted by molar-refractivity contribution is -0.142. The van der Waals surface area contributed by atoms with Crippen molar-refractivity contribution in [3.05, 3.63) is 35.9 Å². The topological polar surface area (TPSA) is 66.5 Å². The highest BCUT2D eigenvalue weighted by Crippen LogP contribution is 2.16. The van der Waals surface area contributed by atoms with Gasteiger partial charge in [0, 0.05) is 7.05 Å². The minimum Gasteiger partial charge on any atom is -0.277 e. The number of hydrogen-bond donors (Lipinski definition) is 1. The van der Waals surface area contributed by atoms with E-state index < -0.39 is 23.8 Å². The fourth-order valence-corrected chi connectivity index (χ4v) is 2.13. The molecular formula is C14H16N2O3. The smallest absolute Gasteiger partial charge is 0.277 e. The first kappa shape index (κ1) is 13.3. The Labute approximate surface area is 111 Å². The number of nitrogens with zero attached hydrogens (tertiary/aromatic N) is 1. The quantitative estimate of drug-likeness (QED) is 0.831. The molecule has 0 radical (unpaired) electrons. The molecule has 0 spiro atoms. The molecular weight excluding hydrogens is 244 g/mol. The van der Waals surface area contributed by atoms with Crippen LogP contribution in [-0.2, 0) is 16.0 Å². The standard InChI is InChI=1S/C14H16N2O3/c1-16-13(18)11(12(17)15-14(16)19)9-5-8-10-6-3-2-4-7-10/h2-4,6-7,11H,5,8-9H2,1H3,(H,15,17,19)/t11-/m1/s1. The second kappa shape index (κ2) is 5.65. The largest absolute Gasteiger partial charge is 0.330 e. The van der Waals surface area contributed by atoms with E-state index in [0.717, 1.165) is 17.7 Å². The summed E-state index contributed by atoms with van der Waals surface area (Å²) in [6, 6.07) is 9.24. The van der Waals surface area contributed by atoms with Crippen LogP contribution < -0.4 is 5.32 Å². The fraction of sp³-hybridized carbons (Fsp3) is 0.357. The first-order chi connectivity index (χ1) is 9.09. The summed E-state index contributed by atoms with van der Waals surface area (Å²) in [7, 11) is 1.38. The Morgan fingerprint density at radius 1 is 1.16 bits per heavy atom. The van der Waals surface area contributed by atoms with Gasteiger partial charge in [-0.25, -0.2) is 4.79 Å². The molecule has 1 aliphatic rings. The number of hydrogen-bond acceptors (Lipinski definition) is 3. The lowest BCUT2D eigenvalue weighted by Crippen LogP contribution is -2.56. The van der Waals surface area contributed by atoms with Crippen LogP contribution in [0.2, 0.25) is 0 Å². The molecule has 4 amide bonds. The fourth-order valence-electron chi connectivity index (χ4n) is 2.13. The van der Waals surface area contributed by atoms with Gasteiger partial charge in [-0.05, 0) is 24.8 Å². The van der Waals surface area contributed by atoms with E-state index in [9.17, 15) is 14.4 Å². The average molecular weight is 260 g/mol. The molecule has 2 rings (SSSR count). The Morgan fingerprint density at radius 3 is 2.53 bits per heavy atom. The summed E-state index contributed by atoms with van der Waals surface area (Å²) >= 11 is 0. The number of aryl methyl sites for hydroxylation is 1. The molecule has 1 atom stereocenters. The third kappa shape index (κ3) is 2.99. The van der Waals surface area contributed by atoms with Gasteiger partial charge in [0.05, 0.1) is 0 Å². The van der Waals surface area contributed by atoms with Crippen LogP contribution in [-0.4, -0.2) is 29.8 Å². The second-order valence-corrected chi connectivity index (χ2v) is 4.62. The lowest BCUT2D eigenvalue weighted by Gasteiger charge is -2.27. The third-order valence-corrected chi connectivity index (χ3v) is 3.28. The van der Waals surface area contributed by atoms with Crippen molar-refractivity contribution in [2.75, 3.05) is 7.05 Å². The Bertz CT molecular complexity index is 499. The molecule has 0 bridgehead atoms. The molecule has 0 aromatic heterocycles. The molecule has 0 aliphatic carbocycles. The van der Waals surface area contributed by atoms with Crippen molar-refractivity contribution in [1.82, 2.24) is 10.2 Å². The zero-order valence-corrected chi connectivity index (χ0v) is 10.8. The molecule has 100 valence electrons. The maximum absolute atomic E-state index is 11.8. The van der Waals surface area contributed by atoms with E-state index in [0.29, 0.717) is 6.42 Å². The van der Waals surface area contributed by atoms with Crippen LogP contribution in [0, 0.1) is 5.92 Å². The maximum atomic E-state index is 11.8. The number of carbonyl (C=O) groups excluding carboxylic acids is 3. The van der Waals surface area contributed by atoms with Crippen LogP contribution in [0.4, 0.5) is 4.79 Å². The van der Waals surface area contributed by atoms with E-state index in [1.54, 1.807) is 0 Å². The molecule has 1 fully saturated rings. The summed E-state index contributed by atoms with van der Waals surface area (Å²) in [5, 5.41) is 2.19. The second-order valence-electron chi connectivity index (χ2n) is 4.62. The Morgan fingerprint density at radius 2 is 1.84 bits per heavy atom. The Balaban J connectivity index is 1.90. The van der Waals surface area contributed by atoms with Crippen molar-refractivity contribution in [2.24, 2.45) is 5.92 Å². The van der Waals surface area contributed by atoms with Gasteiger partial charge in [0.2, 0.25) is 11.8 Å². The number of nitrogens with one attached hydrogen (secondary N) is 1. The summed E-state index contributed by atoms with van der Waals surface area (Å²) in [6.45, 7) is 0. The van der Waals surface area contributed by atoms with Crippen molar-refractivity contribution < 1.29 is 14.4 Å². The van der Waals surface area contributed by atoms with Gasteiger partial charge in [0.1, 0.15) is 5.92 Å². The number of barbiturate groups is 1. The van der Waals surface area contributed by atoms with E-state index in [1.165, 1.54) is 12.6 Å². The summed E-state index contributed by atoms with van der Waals surface area (Å²) in [4.78, 5) is 35.7. The van der Waals surface area contributed by atoms with Crippen LogP contribution in [0.5, 0.6) is 0 Å². The third-order valence-electron chi connectivity index (χ3n) is 3.28. The summed E-state index contributed by atoms with van der Waals surface area (Å²) in [5.41, 5.74) is 1.18. The Hall–Kier alpha value is -2.17. The van der Waals surface area contributed by atoms with Crippen molar-refractivity contribution in [3.63, 3.8) is 0 Å². The minimum absolute atomic E-state index is 0.415. The van der Waals surface area contributed by atoms with Gasteiger partial charge >= 0.3 is 6.03 Å². The van der Waals surface area contributed by atoms with Crippen molar-refractivity contribution in [1.29, 1.82) is 0 Å². The monoisotopic (exact) mass is 260 g/mol. The van der Waals surface area contributed by atoms with E-state index in [-0.39, 0.29) is 0 Å². The minimum atomic E-state index is -0.744. The van der Waals surface area contributed by atoms with Gasteiger partial charge < -0.3 is 0 Å². The molecule has 19 heavy (non-hydrogen) atoms. The first-order valence-corrected chi connectivity index (χ1v) is 6.26. The normalized spacial score (nSPS) is 19.5. The molecule has 5 nitrogen and oxygen atoms in total. The SMILES string of the molecule is CN1C(=O)NC(=O)[C@@H](CCCc2ccccc2)C1=O. The van der Waals surface area contributed by atoms with Gasteiger partial charge in [-0.1, -0.05) is 30.3 Å². The summed E-state index contributed by atoms with van der Waals surface area (Å²) < 4.78 is 0. The summed E-state index contributed by atoms with van der Waals surface area (Å²) in [5.74, 6) is -1.64. The number of carbonyl (C=O) groups is 3. The van der Waals surface area contributed by atoms with E-state index in [4.69, 9.17) is 0 Å². The predicted octanol–water partition coefficient (Wildman–Crippen LogP) is 1.33. The zero-order valence-electron chi connectivity index (χ0n) is 10.8. The van der Waals surface area contributed by atoms with E-state index in [1.807, 2.05) is 30.3 Å². The van der Waals surface area contributed by atoms with Crippen molar-refractivity contribution >= 4 is 17.8 Å².